The van der Waals surface area contributed by atoms with E-state index in [0.29, 0.717) is 0 Å². The Bertz CT molecular complexity index is 1000. The standard InChI is InChI=1S/C18H13N2S/c1-2-8-15-13(6-1)14-7-5-9-16-18(14)20(15)12-19-11-4-3-10-17(19)21-16/h1-11H,12H2/q+1. The molecule has 0 spiro atoms. The molecule has 2 aromatic heterocycles. The molecule has 2 nitrogen and oxygen atoms in total. The van der Waals surface area contributed by atoms with Crippen LogP contribution < -0.4 is 4.57 Å². The van der Waals surface area contributed by atoms with Crippen molar-refractivity contribution in [2.24, 2.45) is 0 Å². The number of nitrogens with zero attached hydrogens (tertiary/aromatic N) is 2. The van der Waals surface area contributed by atoms with Crippen molar-refractivity contribution < 1.29 is 4.57 Å². The minimum absolute atomic E-state index is 0.865. The van der Waals surface area contributed by atoms with E-state index >= 15 is 0 Å². The van der Waals surface area contributed by atoms with Crippen molar-refractivity contribution in [3.63, 3.8) is 0 Å². The fourth-order valence-corrected chi connectivity index (χ4v) is 4.31. The molecule has 1 aliphatic heterocycles. The minimum atomic E-state index is 0.865. The molecule has 3 heteroatoms. The summed E-state index contributed by atoms with van der Waals surface area (Å²) in [6, 6.07) is 21.7. The zero-order valence-electron chi connectivity index (χ0n) is 11.4. The fraction of sp³-hybridized carbons (Fsp3) is 0.0556. The monoisotopic (exact) mass is 289 g/mol. The second-order valence-corrected chi connectivity index (χ2v) is 6.41. The van der Waals surface area contributed by atoms with Crippen LogP contribution in [0.3, 0.4) is 0 Å². The molecule has 0 N–H and O–H groups in total. The lowest BCUT2D eigenvalue weighted by Gasteiger charge is -2.02. The van der Waals surface area contributed by atoms with Crippen molar-refractivity contribution in [3.05, 3.63) is 66.9 Å². The molecule has 0 radical (unpaired) electrons. The first-order valence-corrected chi connectivity index (χ1v) is 7.90. The fourth-order valence-electron chi connectivity index (χ4n) is 3.24. The Hall–Kier alpha value is -2.26. The second kappa shape index (κ2) is 4.12. The van der Waals surface area contributed by atoms with Crippen LogP contribution in [-0.4, -0.2) is 4.57 Å². The quantitative estimate of drug-likeness (QED) is 0.391. The van der Waals surface area contributed by atoms with Gasteiger partial charge in [0.05, 0.1) is 11.0 Å². The molecule has 0 aliphatic carbocycles. The molecule has 1 aliphatic rings. The van der Waals surface area contributed by atoms with E-state index in [1.807, 2.05) is 11.8 Å². The Morgan fingerprint density at radius 1 is 0.857 bits per heavy atom. The Labute approximate surface area is 126 Å². The predicted octanol–water partition coefficient (Wildman–Crippen LogP) is 4.05. The largest absolute Gasteiger partial charge is 0.283 e. The van der Waals surface area contributed by atoms with Gasteiger partial charge in [0.2, 0.25) is 11.7 Å². The third-order valence-electron chi connectivity index (χ3n) is 4.16. The van der Waals surface area contributed by atoms with Gasteiger partial charge >= 0.3 is 0 Å². The number of pyridine rings is 1. The average molecular weight is 289 g/mol. The van der Waals surface area contributed by atoms with Gasteiger partial charge in [0.1, 0.15) is 0 Å². The molecule has 0 unspecified atom stereocenters. The summed E-state index contributed by atoms with van der Waals surface area (Å²) < 4.78 is 4.75. The highest BCUT2D eigenvalue weighted by atomic mass is 32.2. The highest BCUT2D eigenvalue weighted by Crippen LogP contribution is 2.38. The molecule has 0 atom stereocenters. The summed E-state index contributed by atoms with van der Waals surface area (Å²) in [6.45, 7) is 0.865. The van der Waals surface area contributed by atoms with Gasteiger partial charge in [-0.05, 0) is 30.0 Å². The van der Waals surface area contributed by atoms with Crippen molar-refractivity contribution in [2.45, 2.75) is 16.6 Å². The van der Waals surface area contributed by atoms with Crippen LogP contribution in [0.2, 0.25) is 0 Å². The summed E-state index contributed by atoms with van der Waals surface area (Å²) in [6.07, 6.45) is 2.16. The number of rotatable bonds is 0. The van der Waals surface area contributed by atoms with E-state index in [9.17, 15) is 0 Å². The van der Waals surface area contributed by atoms with Gasteiger partial charge in [-0.1, -0.05) is 30.3 Å². The summed E-state index contributed by atoms with van der Waals surface area (Å²) in [5, 5.41) is 3.98. The van der Waals surface area contributed by atoms with Gasteiger partial charge in [-0.25, -0.2) is 0 Å². The maximum atomic E-state index is 2.43. The molecule has 3 heterocycles. The van der Waals surface area contributed by atoms with E-state index in [4.69, 9.17) is 0 Å². The van der Waals surface area contributed by atoms with Crippen LogP contribution in [0.15, 0.2) is 76.8 Å². The molecule has 0 saturated heterocycles. The third kappa shape index (κ3) is 1.52. The van der Waals surface area contributed by atoms with Crippen LogP contribution in [0.1, 0.15) is 0 Å². The Morgan fingerprint density at radius 3 is 2.71 bits per heavy atom. The third-order valence-corrected chi connectivity index (χ3v) is 5.29. The lowest BCUT2D eigenvalue weighted by molar-refractivity contribution is -0.735. The number of hydrogen-bond acceptors (Lipinski definition) is 1. The summed E-state index contributed by atoms with van der Waals surface area (Å²) in [4.78, 5) is 1.33. The number of aromatic nitrogens is 2. The van der Waals surface area contributed by atoms with Gasteiger partial charge in [0.15, 0.2) is 6.20 Å². The van der Waals surface area contributed by atoms with Crippen LogP contribution in [0.25, 0.3) is 21.8 Å². The van der Waals surface area contributed by atoms with Crippen LogP contribution in [0, 0.1) is 0 Å². The van der Waals surface area contributed by atoms with E-state index in [1.54, 1.807) is 0 Å². The zero-order valence-corrected chi connectivity index (χ0v) is 12.2. The minimum Gasteiger partial charge on any atom is -0.283 e. The van der Waals surface area contributed by atoms with E-state index in [1.165, 1.54) is 31.7 Å². The van der Waals surface area contributed by atoms with Crippen molar-refractivity contribution in [2.75, 3.05) is 0 Å². The van der Waals surface area contributed by atoms with Crippen LogP contribution in [-0.2, 0) is 6.67 Å². The summed E-state index contributed by atoms with van der Waals surface area (Å²) in [7, 11) is 0. The molecule has 100 valence electrons. The van der Waals surface area contributed by atoms with E-state index in [0.717, 1.165) is 6.67 Å². The smallest absolute Gasteiger partial charge is 0.246 e. The van der Waals surface area contributed by atoms with E-state index in [2.05, 4.69) is 76.0 Å². The van der Waals surface area contributed by atoms with Gasteiger partial charge in [-0.3, -0.25) is 4.57 Å². The van der Waals surface area contributed by atoms with Gasteiger partial charge in [-0.2, -0.15) is 4.57 Å². The molecule has 0 amide bonds. The number of benzene rings is 2. The normalized spacial score (nSPS) is 13.3. The first-order chi connectivity index (χ1) is 10.4. The van der Waals surface area contributed by atoms with Gasteiger partial charge < -0.3 is 0 Å². The molecule has 0 bridgehead atoms. The van der Waals surface area contributed by atoms with Crippen molar-refractivity contribution in [1.29, 1.82) is 0 Å². The first kappa shape index (κ1) is 11.4. The van der Waals surface area contributed by atoms with Gasteiger partial charge in [-0.15, -0.1) is 0 Å². The van der Waals surface area contributed by atoms with Crippen LogP contribution >= 0.6 is 11.8 Å². The SMILES string of the molecule is c1cc[n+]2c(c1)Sc1cccc3c4ccccc4n(c13)C2. The topological polar surface area (TPSA) is 8.81 Å². The highest BCUT2D eigenvalue weighted by Gasteiger charge is 2.23. The lowest BCUT2D eigenvalue weighted by atomic mass is 10.1. The van der Waals surface area contributed by atoms with Crippen molar-refractivity contribution in [1.82, 2.24) is 4.57 Å². The molecule has 4 aromatic rings. The summed E-state index contributed by atoms with van der Waals surface area (Å²) in [5.74, 6) is 0. The van der Waals surface area contributed by atoms with E-state index < -0.39 is 0 Å². The first-order valence-electron chi connectivity index (χ1n) is 7.08. The predicted molar refractivity (Wildman–Crippen MR) is 85.6 cm³/mol. The zero-order chi connectivity index (χ0) is 13.8. The van der Waals surface area contributed by atoms with Gasteiger partial charge in [0.25, 0.3) is 0 Å². The molecular formula is C18H13N2S+. The molecule has 21 heavy (non-hydrogen) atoms. The maximum Gasteiger partial charge on any atom is 0.246 e. The van der Waals surface area contributed by atoms with Crippen LogP contribution in [0.4, 0.5) is 0 Å². The molecule has 5 rings (SSSR count). The Morgan fingerprint density at radius 2 is 1.71 bits per heavy atom. The second-order valence-electron chi connectivity index (χ2n) is 5.35. The maximum absolute atomic E-state index is 2.43. The summed E-state index contributed by atoms with van der Waals surface area (Å²) in [5.41, 5.74) is 2.66. The number of para-hydroxylation sites is 2. The van der Waals surface area contributed by atoms with Crippen molar-refractivity contribution in [3.8, 4) is 0 Å². The molecule has 0 saturated carbocycles. The Kier molecular flexibility index (Phi) is 2.24. The lowest BCUT2D eigenvalue weighted by Crippen LogP contribution is -2.38. The Balaban J connectivity index is 1.97. The average Bonchev–Trinajstić information content (AvgIpc) is 2.74. The van der Waals surface area contributed by atoms with Gasteiger partial charge in [0, 0.05) is 27.8 Å². The number of hydrogen-bond donors (Lipinski definition) is 0. The molecule has 2 aromatic carbocycles. The number of fused-ring (bicyclic) bond motifs is 4. The summed E-state index contributed by atoms with van der Waals surface area (Å²) >= 11 is 1.85. The molecular weight excluding hydrogens is 276 g/mol. The van der Waals surface area contributed by atoms with Crippen molar-refractivity contribution >= 4 is 33.6 Å². The highest BCUT2D eigenvalue weighted by molar-refractivity contribution is 7.99. The van der Waals surface area contributed by atoms with E-state index in [-0.39, 0.29) is 0 Å². The molecule has 0 fully saturated rings. The van der Waals surface area contributed by atoms with Crippen LogP contribution in [0.5, 0.6) is 0 Å².